The van der Waals surface area contributed by atoms with E-state index in [1.165, 1.54) is 0 Å². The van der Waals surface area contributed by atoms with Gasteiger partial charge in [-0.1, -0.05) is 23.2 Å². The van der Waals surface area contributed by atoms with Crippen molar-refractivity contribution in [3.8, 4) is 0 Å². The second-order valence-electron chi connectivity index (χ2n) is 8.82. The quantitative estimate of drug-likeness (QED) is 0.272. The van der Waals surface area contributed by atoms with Crippen molar-refractivity contribution in [3.05, 3.63) is 96.8 Å². The van der Waals surface area contributed by atoms with E-state index < -0.39 is 0 Å². The molecule has 3 aromatic heterocycles. The number of rotatable bonds is 8. The highest BCUT2D eigenvalue weighted by Crippen LogP contribution is 2.19. The molecule has 0 fully saturated rings. The third kappa shape index (κ3) is 5.70. The minimum atomic E-state index is -0.284. The Labute approximate surface area is 226 Å². The first-order valence-corrected chi connectivity index (χ1v) is 12.7. The fourth-order valence-corrected chi connectivity index (χ4v) is 4.79. The smallest absolute Gasteiger partial charge is 0.258 e. The predicted molar refractivity (Wildman–Crippen MR) is 146 cm³/mol. The average Bonchev–Trinajstić information content (AvgIpc) is 3.29. The van der Waals surface area contributed by atoms with Crippen LogP contribution < -0.4 is 11.1 Å². The Morgan fingerprint density at radius 3 is 1.92 bits per heavy atom. The van der Waals surface area contributed by atoms with Crippen LogP contribution >= 0.6 is 34.8 Å². The zero-order valence-electron chi connectivity index (χ0n) is 19.7. The highest BCUT2D eigenvalue weighted by atomic mass is 35.5. The van der Waals surface area contributed by atoms with E-state index in [1.54, 1.807) is 42.6 Å². The molecule has 2 N–H and O–H groups in total. The van der Waals surface area contributed by atoms with Crippen molar-refractivity contribution in [1.82, 2.24) is 34.6 Å². The van der Waals surface area contributed by atoms with Crippen molar-refractivity contribution in [2.45, 2.75) is 26.1 Å². The monoisotopic (exact) mass is 557 g/mol. The molecule has 190 valence electrons. The number of aromatic nitrogens is 6. The summed E-state index contributed by atoms with van der Waals surface area (Å²) in [5, 5.41) is 6.15. The SMILES string of the molecule is Cc1cnn([C@H](CCl)CN(Cc2nc3ccc(Cl)cc3c(=O)[nH]2)Cc2nc3ccc(Cl)cc3c(=O)[nH]2)c1. The van der Waals surface area contributed by atoms with Crippen LogP contribution in [0.25, 0.3) is 21.8 Å². The maximum Gasteiger partial charge on any atom is 0.258 e. The summed E-state index contributed by atoms with van der Waals surface area (Å²) >= 11 is 18.4. The molecule has 0 bridgehead atoms. The topological polar surface area (TPSA) is 113 Å². The molecule has 0 unspecified atom stereocenters. The summed E-state index contributed by atoms with van der Waals surface area (Å²) in [5.41, 5.74) is 1.52. The van der Waals surface area contributed by atoms with Crippen LogP contribution in [-0.2, 0) is 13.1 Å². The average molecular weight is 559 g/mol. The van der Waals surface area contributed by atoms with Gasteiger partial charge < -0.3 is 9.97 Å². The van der Waals surface area contributed by atoms with Gasteiger partial charge in [0.25, 0.3) is 11.1 Å². The van der Waals surface area contributed by atoms with Gasteiger partial charge in [0.2, 0.25) is 0 Å². The number of hydrogen-bond donors (Lipinski definition) is 2. The Kier molecular flexibility index (Phi) is 7.30. The largest absolute Gasteiger partial charge is 0.309 e. The van der Waals surface area contributed by atoms with Gasteiger partial charge in [-0.2, -0.15) is 5.10 Å². The number of fused-ring (bicyclic) bond motifs is 2. The van der Waals surface area contributed by atoms with Crippen LogP contribution in [0.3, 0.4) is 0 Å². The number of nitrogens with one attached hydrogen (secondary N) is 2. The zero-order valence-corrected chi connectivity index (χ0v) is 22.0. The lowest BCUT2D eigenvalue weighted by molar-refractivity contribution is 0.207. The maximum absolute atomic E-state index is 12.7. The van der Waals surface area contributed by atoms with E-state index in [0.29, 0.717) is 55.9 Å². The van der Waals surface area contributed by atoms with E-state index in [2.05, 4.69) is 25.0 Å². The van der Waals surface area contributed by atoms with Gasteiger partial charge in [-0.25, -0.2) is 9.97 Å². The summed E-state index contributed by atoms with van der Waals surface area (Å²) < 4.78 is 1.81. The normalized spacial score (nSPS) is 12.6. The molecule has 0 aliphatic carbocycles. The molecule has 0 spiro atoms. The van der Waals surface area contributed by atoms with E-state index in [9.17, 15) is 9.59 Å². The summed E-state index contributed by atoms with van der Waals surface area (Å²) in [7, 11) is 0. The standard InChI is InChI=1S/C25H22Cl3N7O2/c1-14-9-29-35(10-14)17(8-26)11-34(12-22-30-20-4-2-15(27)6-18(20)24(36)32-22)13-23-31-21-5-3-16(28)7-19(21)25(37)33-23/h2-7,9-10,17H,8,11-13H2,1H3,(H,30,32,36)(H,31,33,37)/t17-/m1/s1. The highest BCUT2D eigenvalue weighted by molar-refractivity contribution is 6.31. The lowest BCUT2D eigenvalue weighted by Gasteiger charge is -2.26. The van der Waals surface area contributed by atoms with Crippen molar-refractivity contribution in [2.24, 2.45) is 0 Å². The first-order valence-electron chi connectivity index (χ1n) is 11.4. The van der Waals surface area contributed by atoms with Crippen LogP contribution in [0.1, 0.15) is 23.3 Å². The number of aromatic amines is 2. The molecule has 9 nitrogen and oxygen atoms in total. The second-order valence-corrected chi connectivity index (χ2v) is 10.0. The molecule has 12 heteroatoms. The molecule has 5 rings (SSSR count). The summed E-state index contributed by atoms with van der Waals surface area (Å²) in [6, 6.07) is 9.81. The van der Waals surface area contributed by atoms with Gasteiger partial charge in [0.15, 0.2) is 0 Å². The van der Waals surface area contributed by atoms with Crippen LogP contribution in [0, 0.1) is 6.92 Å². The van der Waals surface area contributed by atoms with E-state index >= 15 is 0 Å². The molecule has 0 aliphatic heterocycles. The van der Waals surface area contributed by atoms with Gasteiger partial charge >= 0.3 is 0 Å². The number of halogens is 3. The van der Waals surface area contributed by atoms with Gasteiger partial charge in [-0.3, -0.25) is 19.2 Å². The van der Waals surface area contributed by atoms with Gasteiger partial charge in [-0.15, -0.1) is 11.6 Å². The Bertz CT molecular complexity index is 1610. The van der Waals surface area contributed by atoms with E-state index in [-0.39, 0.29) is 30.2 Å². The van der Waals surface area contributed by atoms with Crippen molar-refractivity contribution in [1.29, 1.82) is 0 Å². The highest BCUT2D eigenvalue weighted by Gasteiger charge is 2.20. The van der Waals surface area contributed by atoms with Crippen LogP contribution in [0.15, 0.2) is 58.4 Å². The first kappa shape index (κ1) is 25.4. The molecule has 0 amide bonds. The fraction of sp³-hybridized carbons (Fsp3) is 0.240. The molecule has 0 saturated heterocycles. The summed E-state index contributed by atoms with van der Waals surface area (Å²) in [4.78, 5) is 42.4. The Morgan fingerprint density at radius 1 is 0.919 bits per heavy atom. The van der Waals surface area contributed by atoms with Crippen molar-refractivity contribution < 1.29 is 0 Å². The third-order valence-electron chi connectivity index (χ3n) is 5.93. The maximum atomic E-state index is 12.7. The molecule has 2 aromatic carbocycles. The van der Waals surface area contributed by atoms with Crippen LogP contribution in [0.5, 0.6) is 0 Å². The molecule has 0 saturated carbocycles. The van der Waals surface area contributed by atoms with Crippen molar-refractivity contribution >= 4 is 56.6 Å². The van der Waals surface area contributed by atoms with Crippen molar-refractivity contribution in [3.63, 3.8) is 0 Å². The van der Waals surface area contributed by atoms with E-state index in [4.69, 9.17) is 34.8 Å². The zero-order chi connectivity index (χ0) is 26.1. The Hall–Kier alpha value is -3.24. The number of aryl methyl sites for hydroxylation is 1. The number of benzene rings is 2. The predicted octanol–water partition coefficient (Wildman–Crippen LogP) is 4.45. The second kappa shape index (κ2) is 10.6. The Balaban J connectivity index is 1.50. The number of hydrogen-bond acceptors (Lipinski definition) is 6. The lowest BCUT2D eigenvalue weighted by atomic mass is 10.2. The van der Waals surface area contributed by atoms with Crippen LogP contribution in [0.4, 0.5) is 0 Å². The molecular weight excluding hydrogens is 537 g/mol. The molecule has 5 aromatic rings. The van der Waals surface area contributed by atoms with Crippen LogP contribution in [0.2, 0.25) is 10.0 Å². The van der Waals surface area contributed by atoms with Gasteiger partial charge in [-0.05, 0) is 48.9 Å². The number of alkyl halides is 1. The summed E-state index contributed by atoms with van der Waals surface area (Å²) in [5.74, 6) is 1.22. The van der Waals surface area contributed by atoms with Crippen molar-refractivity contribution in [2.75, 3.05) is 12.4 Å². The minimum absolute atomic E-state index is 0.174. The molecule has 0 radical (unpaired) electrons. The number of H-pyrrole nitrogens is 2. The molecule has 37 heavy (non-hydrogen) atoms. The minimum Gasteiger partial charge on any atom is -0.309 e. The van der Waals surface area contributed by atoms with Crippen LogP contribution in [-0.4, -0.2) is 47.0 Å². The molecular formula is C25H22Cl3N7O2. The third-order valence-corrected chi connectivity index (χ3v) is 6.76. The molecule has 0 aliphatic rings. The molecule has 1 atom stereocenters. The summed E-state index contributed by atoms with van der Waals surface area (Å²) in [6.45, 7) is 2.95. The first-order chi connectivity index (χ1) is 17.8. The van der Waals surface area contributed by atoms with E-state index in [1.807, 2.05) is 22.7 Å². The lowest BCUT2D eigenvalue weighted by Crippen LogP contribution is -2.34. The number of nitrogens with zero attached hydrogens (tertiary/aromatic N) is 5. The van der Waals surface area contributed by atoms with Gasteiger partial charge in [0, 0.05) is 28.7 Å². The van der Waals surface area contributed by atoms with Gasteiger partial charge in [0.05, 0.1) is 47.1 Å². The van der Waals surface area contributed by atoms with E-state index in [0.717, 1.165) is 5.56 Å². The van der Waals surface area contributed by atoms with Gasteiger partial charge in [0.1, 0.15) is 11.6 Å². The summed E-state index contributed by atoms with van der Waals surface area (Å²) in [6.07, 6.45) is 3.69. The Morgan fingerprint density at radius 2 is 1.46 bits per heavy atom. The molecule has 3 heterocycles. The fourth-order valence-electron chi connectivity index (χ4n) is 4.21.